The first kappa shape index (κ1) is 9.85. The highest BCUT2D eigenvalue weighted by molar-refractivity contribution is 5.67. The predicted octanol–water partition coefficient (Wildman–Crippen LogP) is 3.54. The maximum absolute atomic E-state index is 4.11. The standard InChI is InChI=1S/C15H11N2/c1-2-4-12(5-3-1)13-6-8-14(9-7-13)15-16-10-11-17-15/h1-10H,(H,16,17). The van der Waals surface area contributed by atoms with Gasteiger partial charge in [0.25, 0.3) is 0 Å². The van der Waals surface area contributed by atoms with E-state index in [-0.39, 0.29) is 0 Å². The number of nitrogens with zero attached hydrogens (tertiary/aromatic N) is 1. The van der Waals surface area contributed by atoms with Gasteiger partial charge in [0, 0.05) is 11.8 Å². The van der Waals surface area contributed by atoms with Gasteiger partial charge in [-0.15, -0.1) is 0 Å². The molecule has 2 nitrogen and oxygen atoms in total. The Morgan fingerprint density at radius 1 is 0.765 bits per heavy atom. The van der Waals surface area contributed by atoms with E-state index in [1.807, 2.05) is 18.2 Å². The first-order valence-corrected chi connectivity index (χ1v) is 5.51. The van der Waals surface area contributed by atoms with E-state index in [1.54, 1.807) is 6.20 Å². The lowest BCUT2D eigenvalue weighted by Gasteiger charge is -2.02. The number of imidazole rings is 1. The van der Waals surface area contributed by atoms with Crippen LogP contribution < -0.4 is 0 Å². The van der Waals surface area contributed by atoms with Crippen molar-refractivity contribution in [3.8, 4) is 22.5 Å². The molecule has 2 aromatic carbocycles. The molecule has 0 fully saturated rings. The first-order valence-electron chi connectivity index (χ1n) is 5.51. The molecule has 0 bridgehead atoms. The molecule has 2 heteroatoms. The van der Waals surface area contributed by atoms with Crippen LogP contribution in [0.2, 0.25) is 0 Å². The normalized spacial score (nSPS) is 10.4. The SMILES string of the molecule is [c]1c[nH]c(-c2ccc(-c3ccccc3)cc2)n1. The van der Waals surface area contributed by atoms with Gasteiger partial charge in [-0.1, -0.05) is 54.6 Å². The maximum atomic E-state index is 4.11. The van der Waals surface area contributed by atoms with Crippen molar-refractivity contribution in [2.24, 2.45) is 0 Å². The molecule has 1 heterocycles. The third-order valence-electron chi connectivity index (χ3n) is 2.72. The summed E-state index contributed by atoms with van der Waals surface area (Å²) < 4.78 is 0. The van der Waals surface area contributed by atoms with Gasteiger partial charge in [0.15, 0.2) is 0 Å². The first-order chi connectivity index (χ1) is 8.43. The molecular weight excluding hydrogens is 208 g/mol. The Kier molecular flexibility index (Phi) is 2.47. The average Bonchev–Trinajstić information content (AvgIpc) is 2.94. The minimum atomic E-state index is 0.851. The quantitative estimate of drug-likeness (QED) is 0.701. The molecule has 0 saturated carbocycles. The van der Waals surface area contributed by atoms with E-state index >= 15 is 0 Å². The van der Waals surface area contributed by atoms with Gasteiger partial charge < -0.3 is 4.98 Å². The van der Waals surface area contributed by atoms with Crippen LogP contribution in [0.15, 0.2) is 60.8 Å². The zero-order valence-corrected chi connectivity index (χ0v) is 9.22. The van der Waals surface area contributed by atoms with E-state index in [1.165, 1.54) is 11.1 Å². The molecule has 0 aliphatic carbocycles. The molecule has 1 N–H and O–H groups in total. The number of aromatic amines is 1. The molecule has 3 rings (SSSR count). The van der Waals surface area contributed by atoms with Gasteiger partial charge in [-0.3, -0.25) is 0 Å². The summed E-state index contributed by atoms with van der Waals surface area (Å²) in [5.74, 6) is 0.851. The summed E-state index contributed by atoms with van der Waals surface area (Å²) in [5, 5.41) is 0. The van der Waals surface area contributed by atoms with Crippen molar-refractivity contribution in [3.05, 3.63) is 67.0 Å². The zero-order chi connectivity index (χ0) is 11.5. The zero-order valence-electron chi connectivity index (χ0n) is 9.22. The van der Waals surface area contributed by atoms with Crippen molar-refractivity contribution >= 4 is 0 Å². The van der Waals surface area contributed by atoms with Crippen LogP contribution in [0.3, 0.4) is 0 Å². The van der Waals surface area contributed by atoms with Crippen LogP contribution in [0.1, 0.15) is 0 Å². The van der Waals surface area contributed by atoms with Crippen molar-refractivity contribution in [3.63, 3.8) is 0 Å². The number of aromatic nitrogens is 2. The number of benzene rings is 2. The van der Waals surface area contributed by atoms with E-state index < -0.39 is 0 Å². The van der Waals surface area contributed by atoms with Gasteiger partial charge in [0.1, 0.15) is 12.0 Å². The fraction of sp³-hybridized carbons (Fsp3) is 0. The molecule has 0 unspecified atom stereocenters. The highest BCUT2D eigenvalue weighted by Crippen LogP contribution is 2.22. The van der Waals surface area contributed by atoms with Crippen LogP contribution in [0.5, 0.6) is 0 Å². The largest absolute Gasteiger partial charge is 0.344 e. The Morgan fingerprint density at radius 3 is 2.06 bits per heavy atom. The summed E-state index contributed by atoms with van der Waals surface area (Å²) >= 11 is 0. The molecule has 0 aliphatic rings. The minimum Gasteiger partial charge on any atom is -0.344 e. The van der Waals surface area contributed by atoms with Crippen molar-refractivity contribution in [2.45, 2.75) is 0 Å². The smallest absolute Gasteiger partial charge is 0.138 e. The van der Waals surface area contributed by atoms with Gasteiger partial charge in [-0.25, -0.2) is 4.98 Å². The molecule has 0 amide bonds. The third kappa shape index (κ3) is 1.97. The molecule has 0 aliphatic heterocycles. The van der Waals surface area contributed by atoms with Crippen molar-refractivity contribution in [1.82, 2.24) is 9.97 Å². The molecule has 0 spiro atoms. The molecule has 1 aromatic heterocycles. The van der Waals surface area contributed by atoms with Gasteiger partial charge in [0.2, 0.25) is 0 Å². The van der Waals surface area contributed by atoms with E-state index in [0.29, 0.717) is 0 Å². The molecule has 0 saturated heterocycles. The van der Waals surface area contributed by atoms with Crippen LogP contribution >= 0.6 is 0 Å². The molecule has 0 atom stereocenters. The Bertz CT molecular complexity index is 581. The van der Waals surface area contributed by atoms with Crippen molar-refractivity contribution in [2.75, 3.05) is 0 Å². The number of H-pyrrole nitrogens is 1. The third-order valence-corrected chi connectivity index (χ3v) is 2.72. The van der Waals surface area contributed by atoms with E-state index in [0.717, 1.165) is 11.4 Å². The number of hydrogen-bond acceptors (Lipinski definition) is 1. The van der Waals surface area contributed by atoms with Gasteiger partial charge in [-0.2, -0.15) is 0 Å². The van der Waals surface area contributed by atoms with Crippen LogP contribution in [0, 0.1) is 6.20 Å². The number of rotatable bonds is 2. The van der Waals surface area contributed by atoms with E-state index in [9.17, 15) is 0 Å². The Morgan fingerprint density at radius 2 is 1.41 bits per heavy atom. The lowest BCUT2D eigenvalue weighted by atomic mass is 10.0. The minimum absolute atomic E-state index is 0.851. The monoisotopic (exact) mass is 219 g/mol. The van der Waals surface area contributed by atoms with Crippen LogP contribution in [0.4, 0.5) is 0 Å². The van der Waals surface area contributed by atoms with Gasteiger partial charge in [0.05, 0.1) is 0 Å². The lowest BCUT2D eigenvalue weighted by molar-refractivity contribution is 1.31. The highest BCUT2D eigenvalue weighted by atomic mass is 14.9. The summed E-state index contributed by atoms with van der Waals surface area (Å²) in [6.45, 7) is 0. The Balaban J connectivity index is 1.96. The number of nitrogens with one attached hydrogen (secondary N) is 1. The summed E-state index contributed by atoms with van der Waals surface area (Å²) in [4.78, 5) is 7.15. The second-order valence-electron chi connectivity index (χ2n) is 3.82. The van der Waals surface area contributed by atoms with Crippen molar-refractivity contribution in [1.29, 1.82) is 0 Å². The summed E-state index contributed by atoms with van der Waals surface area (Å²) in [7, 11) is 0. The topological polar surface area (TPSA) is 28.7 Å². The highest BCUT2D eigenvalue weighted by Gasteiger charge is 2.00. The lowest BCUT2D eigenvalue weighted by Crippen LogP contribution is -1.81. The summed E-state index contributed by atoms with van der Waals surface area (Å²) in [6.07, 6.45) is 4.48. The maximum Gasteiger partial charge on any atom is 0.138 e. The number of hydrogen-bond donors (Lipinski definition) is 1. The fourth-order valence-electron chi connectivity index (χ4n) is 1.83. The van der Waals surface area contributed by atoms with Crippen LogP contribution in [-0.4, -0.2) is 9.97 Å². The van der Waals surface area contributed by atoms with Crippen LogP contribution in [0.25, 0.3) is 22.5 Å². The Labute approximate surface area is 100.0 Å². The second-order valence-corrected chi connectivity index (χ2v) is 3.82. The fourth-order valence-corrected chi connectivity index (χ4v) is 1.83. The molecule has 17 heavy (non-hydrogen) atoms. The van der Waals surface area contributed by atoms with E-state index in [4.69, 9.17) is 0 Å². The van der Waals surface area contributed by atoms with Crippen molar-refractivity contribution < 1.29 is 0 Å². The molecule has 81 valence electrons. The average molecular weight is 219 g/mol. The van der Waals surface area contributed by atoms with Gasteiger partial charge in [-0.05, 0) is 11.1 Å². The van der Waals surface area contributed by atoms with E-state index in [2.05, 4.69) is 52.6 Å². The van der Waals surface area contributed by atoms with Gasteiger partial charge >= 0.3 is 0 Å². The predicted molar refractivity (Wildman–Crippen MR) is 68.3 cm³/mol. The molecule has 3 aromatic rings. The second kappa shape index (κ2) is 4.26. The summed E-state index contributed by atoms with van der Waals surface area (Å²) in [5.41, 5.74) is 3.51. The molecule has 1 radical (unpaired) electrons. The Hall–Kier alpha value is -2.35. The van der Waals surface area contributed by atoms with Crippen LogP contribution in [-0.2, 0) is 0 Å². The summed E-state index contributed by atoms with van der Waals surface area (Å²) in [6, 6.07) is 18.7. The molecular formula is C15H11N2.